The number of carbonyl (C=O) groups excluding carboxylic acids is 5. The van der Waals surface area contributed by atoms with Crippen molar-refractivity contribution in [3.8, 4) is 0 Å². The van der Waals surface area contributed by atoms with E-state index in [0.29, 0.717) is 19.4 Å². The van der Waals surface area contributed by atoms with E-state index in [4.69, 9.17) is 0 Å². The first kappa shape index (κ1) is 43.4. The SMILES string of the molecule is C=CCNC(=O)C(=O)C(CC1CC1)NC(=O)C1C(C)CCN1C(=O)C(NC(=O)NC(CN1CCCS1)C(C)C)C(C)(C)C.CC.CCC. The lowest BCUT2D eigenvalue weighted by Crippen LogP contribution is -2.61. The van der Waals surface area contributed by atoms with E-state index < -0.39 is 47.2 Å². The summed E-state index contributed by atoms with van der Waals surface area (Å²) in [6.07, 6.45) is 6.77. The lowest BCUT2D eigenvalue weighted by molar-refractivity contribution is -0.144. The van der Waals surface area contributed by atoms with Crippen molar-refractivity contribution in [2.75, 3.05) is 31.9 Å². The van der Waals surface area contributed by atoms with Crippen LogP contribution in [-0.4, -0.2) is 94.8 Å². The largest absolute Gasteiger partial charge is 0.346 e. The molecular formula is C36H66N6O5S. The molecule has 2 saturated heterocycles. The number of Topliss-reactive ketones (excluding diaryl/α,β-unsaturated/α-hetero) is 1. The second-order valence-electron chi connectivity index (χ2n) is 14.4. The third kappa shape index (κ3) is 14.1. The fourth-order valence-electron chi connectivity index (χ4n) is 5.62. The van der Waals surface area contributed by atoms with E-state index in [1.54, 1.807) is 11.9 Å². The highest BCUT2D eigenvalue weighted by Gasteiger charge is 2.46. The van der Waals surface area contributed by atoms with Gasteiger partial charge in [0.05, 0.1) is 6.04 Å². The van der Waals surface area contributed by atoms with Crippen LogP contribution in [0.1, 0.15) is 108 Å². The van der Waals surface area contributed by atoms with Crippen LogP contribution in [0.5, 0.6) is 0 Å². The highest BCUT2D eigenvalue weighted by atomic mass is 32.2. The zero-order chi connectivity index (χ0) is 36.6. The molecule has 5 unspecified atom stereocenters. The van der Waals surface area contributed by atoms with Gasteiger partial charge in [0.15, 0.2) is 0 Å². The molecule has 12 heteroatoms. The van der Waals surface area contributed by atoms with Crippen molar-refractivity contribution in [3.05, 3.63) is 12.7 Å². The van der Waals surface area contributed by atoms with Crippen LogP contribution in [0.3, 0.4) is 0 Å². The van der Waals surface area contributed by atoms with Crippen LogP contribution < -0.4 is 21.3 Å². The number of nitrogens with zero attached hydrogens (tertiary/aromatic N) is 2. The van der Waals surface area contributed by atoms with E-state index in [9.17, 15) is 24.0 Å². The molecule has 4 N–H and O–H groups in total. The maximum atomic E-state index is 14.1. The van der Waals surface area contributed by atoms with Crippen LogP contribution in [0.25, 0.3) is 0 Å². The van der Waals surface area contributed by atoms with Gasteiger partial charge in [-0.1, -0.05) is 107 Å². The standard InChI is InChI=1S/C31H52N6O5S.C3H8.C2H6/c1-8-13-32-28(40)25(38)22(17-21-10-11-21)33-27(39)24-20(4)12-15-37(24)29(41)26(31(5,6)7)35-30(42)34-23(19(2)3)18-36-14-9-16-43-36;1-3-2;1-2/h8,19-24,26H,1,9-18H2,2-7H3,(H,32,40)(H,33,39)(H2,34,35,42);3H2,1-2H3;1-2H3. The van der Waals surface area contributed by atoms with Gasteiger partial charge in [0, 0.05) is 38.0 Å². The molecule has 0 aromatic heterocycles. The number of hydrogen-bond acceptors (Lipinski definition) is 7. The molecule has 3 rings (SSSR count). The molecule has 1 saturated carbocycles. The normalized spacial score (nSPS) is 21.0. The molecule has 2 aliphatic heterocycles. The van der Waals surface area contributed by atoms with E-state index >= 15 is 0 Å². The molecule has 3 fully saturated rings. The lowest BCUT2D eigenvalue weighted by Gasteiger charge is -2.37. The molecule has 2 heterocycles. The fourth-order valence-corrected chi connectivity index (χ4v) is 6.66. The minimum Gasteiger partial charge on any atom is -0.346 e. The monoisotopic (exact) mass is 694 g/mol. The van der Waals surface area contributed by atoms with Crippen molar-refractivity contribution < 1.29 is 24.0 Å². The second kappa shape index (κ2) is 21.5. The summed E-state index contributed by atoms with van der Waals surface area (Å²) in [4.78, 5) is 68.0. The Bertz CT molecular complexity index is 1050. The van der Waals surface area contributed by atoms with E-state index in [-0.39, 0.29) is 36.2 Å². The van der Waals surface area contributed by atoms with Gasteiger partial charge < -0.3 is 26.2 Å². The molecule has 0 spiro atoms. The first-order valence-electron chi connectivity index (χ1n) is 18.1. The Kier molecular flexibility index (Phi) is 19.4. The first-order valence-corrected chi connectivity index (χ1v) is 19.1. The molecule has 48 heavy (non-hydrogen) atoms. The van der Waals surface area contributed by atoms with Gasteiger partial charge in [-0.15, -0.1) is 6.58 Å². The Labute approximate surface area is 295 Å². The molecule has 0 radical (unpaired) electrons. The summed E-state index contributed by atoms with van der Waals surface area (Å²) in [6.45, 7) is 25.7. The molecule has 3 aliphatic rings. The topological polar surface area (TPSA) is 140 Å². The quantitative estimate of drug-likeness (QED) is 0.115. The van der Waals surface area contributed by atoms with Crippen molar-refractivity contribution in [2.45, 2.75) is 132 Å². The van der Waals surface area contributed by atoms with Gasteiger partial charge in [-0.25, -0.2) is 9.10 Å². The fraction of sp³-hybridized carbons (Fsp3) is 0.806. The number of hydrogen-bond donors (Lipinski definition) is 4. The molecular weight excluding hydrogens is 628 g/mol. The number of nitrogens with one attached hydrogen (secondary N) is 4. The van der Waals surface area contributed by atoms with E-state index in [1.165, 1.54) is 17.4 Å². The zero-order valence-electron chi connectivity index (χ0n) is 31.4. The third-order valence-electron chi connectivity index (χ3n) is 8.52. The minimum atomic E-state index is -0.960. The van der Waals surface area contributed by atoms with Gasteiger partial charge in [0.1, 0.15) is 12.1 Å². The van der Waals surface area contributed by atoms with Crippen LogP contribution in [0.2, 0.25) is 0 Å². The van der Waals surface area contributed by atoms with Gasteiger partial charge in [0.25, 0.3) is 5.91 Å². The maximum absolute atomic E-state index is 14.1. The Morgan fingerprint density at radius 2 is 1.60 bits per heavy atom. The predicted molar refractivity (Wildman–Crippen MR) is 196 cm³/mol. The number of likely N-dealkylation sites (tertiary alicyclic amines) is 1. The summed E-state index contributed by atoms with van der Waals surface area (Å²) in [5.41, 5.74) is -0.632. The molecule has 276 valence electrons. The van der Waals surface area contributed by atoms with Crippen molar-refractivity contribution >= 4 is 41.5 Å². The van der Waals surface area contributed by atoms with Crippen LogP contribution in [-0.2, 0) is 19.2 Å². The van der Waals surface area contributed by atoms with Gasteiger partial charge in [-0.2, -0.15) is 0 Å². The second-order valence-corrected chi connectivity index (χ2v) is 15.6. The first-order chi connectivity index (χ1) is 22.6. The molecule has 5 atom stereocenters. The lowest BCUT2D eigenvalue weighted by atomic mass is 9.85. The van der Waals surface area contributed by atoms with E-state index in [2.05, 4.69) is 59.8 Å². The highest BCUT2D eigenvalue weighted by molar-refractivity contribution is 7.97. The number of urea groups is 1. The Morgan fingerprint density at radius 3 is 2.10 bits per heavy atom. The predicted octanol–water partition coefficient (Wildman–Crippen LogP) is 4.91. The minimum absolute atomic E-state index is 0.0868. The summed E-state index contributed by atoms with van der Waals surface area (Å²) in [7, 11) is 0. The Balaban J connectivity index is 0.00000218. The number of rotatable bonds is 14. The number of amides is 5. The van der Waals surface area contributed by atoms with Crippen LogP contribution >= 0.6 is 11.9 Å². The Hall–Kier alpha value is -2.60. The average molecular weight is 695 g/mol. The molecule has 11 nitrogen and oxygen atoms in total. The van der Waals surface area contributed by atoms with Gasteiger partial charge in [-0.3, -0.25) is 19.2 Å². The van der Waals surface area contributed by atoms with Crippen molar-refractivity contribution in [2.24, 2.45) is 23.2 Å². The summed E-state index contributed by atoms with van der Waals surface area (Å²) >= 11 is 1.79. The summed E-state index contributed by atoms with van der Waals surface area (Å²) in [5, 5.41) is 11.3. The third-order valence-corrected chi connectivity index (χ3v) is 9.69. The summed E-state index contributed by atoms with van der Waals surface area (Å²) in [6, 6.07) is -3.15. The molecule has 5 amide bonds. The number of carbonyl (C=O) groups is 5. The smallest absolute Gasteiger partial charge is 0.315 e. The van der Waals surface area contributed by atoms with Crippen LogP contribution in [0, 0.1) is 23.2 Å². The molecule has 0 aromatic rings. The van der Waals surface area contributed by atoms with Crippen molar-refractivity contribution in [1.29, 1.82) is 0 Å². The van der Waals surface area contributed by atoms with Crippen LogP contribution in [0.15, 0.2) is 12.7 Å². The molecule has 1 aliphatic carbocycles. The molecule has 0 bridgehead atoms. The van der Waals surface area contributed by atoms with Crippen molar-refractivity contribution in [3.63, 3.8) is 0 Å². The van der Waals surface area contributed by atoms with E-state index in [1.807, 2.05) is 41.5 Å². The van der Waals surface area contributed by atoms with Gasteiger partial charge >= 0.3 is 6.03 Å². The van der Waals surface area contributed by atoms with Gasteiger partial charge in [-0.05, 0) is 42.4 Å². The highest BCUT2D eigenvalue weighted by Crippen LogP contribution is 2.34. The van der Waals surface area contributed by atoms with Crippen molar-refractivity contribution in [1.82, 2.24) is 30.5 Å². The molecule has 0 aromatic carbocycles. The van der Waals surface area contributed by atoms with E-state index in [0.717, 1.165) is 38.1 Å². The van der Waals surface area contributed by atoms with Crippen LogP contribution in [0.4, 0.5) is 4.79 Å². The number of ketones is 1. The average Bonchev–Trinajstić information content (AvgIpc) is 3.53. The van der Waals surface area contributed by atoms with Gasteiger partial charge in [0.2, 0.25) is 17.6 Å². The Morgan fingerprint density at radius 1 is 0.979 bits per heavy atom. The maximum Gasteiger partial charge on any atom is 0.315 e. The zero-order valence-corrected chi connectivity index (χ0v) is 32.3. The summed E-state index contributed by atoms with van der Waals surface area (Å²) < 4.78 is 2.27. The summed E-state index contributed by atoms with van der Waals surface area (Å²) in [5.74, 6) is -0.828.